The summed E-state index contributed by atoms with van der Waals surface area (Å²) in [4.78, 5) is 26.1. The molecule has 0 atom stereocenters. The van der Waals surface area contributed by atoms with Crippen molar-refractivity contribution in [1.29, 1.82) is 0 Å². The highest BCUT2D eigenvalue weighted by molar-refractivity contribution is 5.89. The maximum absolute atomic E-state index is 14.0. The van der Waals surface area contributed by atoms with Crippen molar-refractivity contribution in [2.24, 2.45) is 0 Å². The standard InChI is InChI=1S/C25H24F3N5O2/c26-17-3-1-2-16(12-17)13-23-29-21-6-7-33(25(34)30-22-5-4-18(27)14-20(22)28)15-19(21)24(31-23)32-8-10-35-11-9-32/h1-5,12,14H,6-11,13,15H2,(H,30,34). The Labute approximate surface area is 200 Å². The van der Waals surface area contributed by atoms with Crippen LogP contribution in [0.1, 0.15) is 22.6 Å². The van der Waals surface area contributed by atoms with Crippen LogP contribution in [-0.4, -0.2) is 53.7 Å². The fourth-order valence-corrected chi connectivity index (χ4v) is 4.35. The van der Waals surface area contributed by atoms with Crippen LogP contribution in [-0.2, 0) is 24.1 Å². The first-order chi connectivity index (χ1) is 17.0. The number of urea groups is 1. The maximum atomic E-state index is 14.0. The largest absolute Gasteiger partial charge is 0.378 e. The smallest absolute Gasteiger partial charge is 0.322 e. The van der Waals surface area contributed by atoms with E-state index in [1.165, 1.54) is 18.2 Å². The van der Waals surface area contributed by atoms with E-state index in [0.29, 0.717) is 51.5 Å². The molecule has 0 spiro atoms. The zero-order valence-corrected chi connectivity index (χ0v) is 18.9. The van der Waals surface area contributed by atoms with Crippen molar-refractivity contribution in [3.05, 3.63) is 82.6 Å². The first-order valence-corrected chi connectivity index (χ1v) is 11.4. The van der Waals surface area contributed by atoms with Crippen molar-refractivity contribution in [2.45, 2.75) is 19.4 Å². The molecule has 0 bridgehead atoms. The quantitative estimate of drug-likeness (QED) is 0.610. The number of hydrogen-bond acceptors (Lipinski definition) is 5. The predicted molar refractivity (Wildman–Crippen MR) is 124 cm³/mol. The van der Waals surface area contributed by atoms with Crippen LogP contribution in [0.3, 0.4) is 0 Å². The summed E-state index contributed by atoms with van der Waals surface area (Å²) >= 11 is 0. The fourth-order valence-electron chi connectivity index (χ4n) is 4.35. The van der Waals surface area contributed by atoms with Crippen LogP contribution in [0.5, 0.6) is 0 Å². The summed E-state index contributed by atoms with van der Waals surface area (Å²) in [6, 6.07) is 8.89. The molecule has 2 aromatic carbocycles. The van der Waals surface area contributed by atoms with E-state index >= 15 is 0 Å². The number of morpholine rings is 1. The lowest BCUT2D eigenvalue weighted by molar-refractivity contribution is 0.122. The second-order valence-corrected chi connectivity index (χ2v) is 8.52. The molecule has 10 heteroatoms. The number of carbonyl (C=O) groups is 1. The summed E-state index contributed by atoms with van der Waals surface area (Å²) in [7, 11) is 0. The van der Waals surface area contributed by atoms with Gasteiger partial charge in [0.15, 0.2) is 0 Å². The van der Waals surface area contributed by atoms with Crippen molar-refractivity contribution >= 4 is 17.5 Å². The number of hydrogen-bond donors (Lipinski definition) is 1. The van der Waals surface area contributed by atoms with Gasteiger partial charge in [-0.15, -0.1) is 0 Å². The zero-order chi connectivity index (χ0) is 24.4. The van der Waals surface area contributed by atoms with Crippen LogP contribution in [0.2, 0.25) is 0 Å². The summed E-state index contributed by atoms with van der Waals surface area (Å²) in [5, 5.41) is 2.52. The van der Waals surface area contributed by atoms with Crippen molar-refractivity contribution in [2.75, 3.05) is 43.1 Å². The minimum Gasteiger partial charge on any atom is -0.378 e. The Bertz CT molecular complexity index is 1250. The van der Waals surface area contributed by atoms with Gasteiger partial charge in [-0.3, -0.25) is 0 Å². The number of nitrogens with one attached hydrogen (secondary N) is 1. The van der Waals surface area contributed by atoms with Crippen molar-refractivity contribution < 1.29 is 22.7 Å². The molecule has 3 aromatic rings. The second-order valence-electron chi connectivity index (χ2n) is 8.52. The molecular formula is C25H24F3N5O2. The Kier molecular flexibility index (Phi) is 6.54. The van der Waals surface area contributed by atoms with E-state index in [9.17, 15) is 18.0 Å². The van der Waals surface area contributed by atoms with E-state index < -0.39 is 17.7 Å². The van der Waals surface area contributed by atoms with Crippen molar-refractivity contribution in [1.82, 2.24) is 14.9 Å². The SMILES string of the molecule is O=C(Nc1ccc(F)cc1F)N1CCc2nc(Cc3cccc(F)c3)nc(N3CCOCC3)c2C1. The lowest BCUT2D eigenvalue weighted by Gasteiger charge is -2.34. The van der Waals surface area contributed by atoms with E-state index in [1.54, 1.807) is 11.0 Å². The molecule has 1 aromatic heterocycles. The summed E-state index contributed by atoms with van der Waals surface area (Å²) in [5.74, 6) is -0.547. The van der Waals surface area contributed by atoms with E-state index in [2.05, 4.69) is 10.2 Å². The van der Waals surface area contributed by atoms with Gasteiger partial charge in [0.2, 0.25) is 0 Å². The van der Waals surface area contributed by atoms with Gasteiger partial charge in [0.25, 0.3) is 0 Å². The minimum absolute atomic E-state index is 0.0858. The van der Waals surface area contributed by atoms with Crippen LogP contribution < -0.4 is 10.2 Å². The first-order valence-electron chi connectivity index (χ1n) is 11.4. The van der Waals surface area contributed by atoms with Crippen LogP contribution >= 0.6 is 0 Å². The minimum atomic E-state index is -0.838. The Morgan fingerprint density at radius 2 is 1.80 bits per heavy atom. The molecule has 3 heterocycles. The number of fused-ring (bicyclic) bond motifs is 1. The summed E-state index contributed by atoms with van der Waals surface area (Å²) in [6.07, 6.45) is 0.876. The molecule has 2 aliphatic rings. The number of ether oxygens (including phenoxy) is 1. The highest BCUT2D eigenvalue weighted by atomic mass is 19.1. The molecule has 0 unspecified atom stereocenters. The molecule has 1 saturated heterocycles. The summed E-state index contributed by atoms with van der Waals surface area (Å²) < 4.78 is 46.4. The number of rotatable bonds is 4. The van der Waals surface area contributed by atoms with Crippen LogP contribution in [0.4, 0.5) is 29.5 Å². The number of anilines is 2. The lowest BCUT2D eigenvalue weighted by Crippen LogP contribution is -2.42. The van der Waals surface area contributed by atoms with Gasteiger partial charge < -0.3 is 19.9 Å². The van der Waals surface area contributed by atoms with Gasteiger partial charge in [-0.2, -0.15) is 0 Å². The van der Waals surface area contributed by atoms with Gasteiger partial charge >= 0.3 is 6.03 Å². The average Bonchev–Trinajstić information content (AvgIpc) is 2.85. The monoisotopic (exact) mass is 483 g/mol. The molecule has 0 saturated carbocycles. The van der Waals surface area contributed by atoms with Gasteiger partial charge in [0, 0.05) is 44.1 Å². The number of amides is 2. The van der Waals surface area contributed by atoms with Crippen molar-refractivity contribution in [3.63, 3.8) is 0 Å². The molecule has 35 heavy (non-hydrogen) atoms. The van der Waals surface area contributed by atoms with Gasteiger partial charge in [-0.1, -0.05) is 12.1 Å². The molecule has 2 amide bonds. The molecule has 1 fully saturated rings. The predicted octanol–water partition coefficient (Wildman–Crippen LogP) is 3.91. The molecule has 7 nitrogen and oxygen atoms in total. The van der Waals surface area contributed by atoms with Gasteiger partial charge in [0.1, 0.15) is 29.1 Å². The van der Waals surface area contributed by atoms with Crippen molar-refractivity contribution in [3.8, 4) is 0 Å². The fraction of sp³-hybridized carbons (Fsp3) is 0.320. The second kappa shape index (κ2) is 9.91. The zero-order valence-electron chi connectivity index (χ0n) is 18.9. The van der Waals surface area contributed by atoms with Crippen LogP contribution in [0.25, 0.3) is 0 Å². The number of aromatic nitrogens is 2. The molecule has 182 valence electrons. The Morgan fingerprint density at radius 1 is 1.00 bits per heavy atom. The van der Waals surface area contributed by atoms with E-state index in [4.69, 9.17) is 14.7 Å². The Morgan fingerprint density at radius 3 is 2.57 bits per heavy atom. The molecule has 5 rings (SSSR count). The molecule has 1 N–H and O–H groups in total. The van der Waals surface area contributed by atoms with Crippen LogP contribution in [0.15, 0.2) is 42.5 Å². The average molecular weight is 483 g/mol. The summed E-state index contributed by atoms with van der Waals surface area (Å²) in [6.45, 7) is 3.04. The van der Waals surface area contributed by atoms with E-state index in [-0.39, 0.29) is 18.0 Å². The van der Waals surface area contributed by atoms with E-state index in [1.807, 2.05) is 6.07 Å². The first kappa shape index (κ1) is 23.1. The number of carbonyl (C=O) groups excluding carboxylic acids is 1. The van der Waals surface area contributed by atoms with Gasteiger partial charge in [0.05, 0.1) is 31.1 Å². The van der Waals surface area contributed by atoms with Crippen LogP contribution in [0, 0.1) is 17.5 Å². The number of benzene rings is 2. The lowest BCUT2D eigenvalue weighted by atomic mass is 10.0. The molecular weight excluding hydrogens is 459 g/mol. The van der Waals surface area contributed by atoms with E-state index in [0.717, 1.165) is 34.8 Å². The molecule has 0 radical (unpaired) electrons. The van der Waals surface area contributed by atoms with Gasteiger partial charge in [-0.25, -0.2) is 27.9 Å². The van der Waals surface area contributed by atoms with Gasteiger partial charge in [-0.05, 0) is 29.8 Å². The number of halogens is 3. The number of nitrogens with zero attached hydrogens (tertiary/aromatic N) is 4. The highest BCUT2D eigenvalue weighted by Crippen LogP contribution is 2.29. The third kappa shape index (κ3) is 5.22. The maximum Gasteiger partial charge on any atom is 0.322 e. The third-order valence-corrected chi connectivity index (χ3v) is 6.11. The Hall–Kier alpha value is -3.66. The normalized spacial score (nSPS) is 15.6. The molecule has 2 aliphatic heterocycles. The summed E-state index contributed by atoms with van der Waals surface area (Å²) in [5.41, 5.74) is 2.36. The Balaban J connectivity index is 1.41. The molecule has 0 aliphatic carbocycles. The third-order valence-electron chi connectivity index (χ3n) is 6.11. The highest BCUT2D eigenvalue weighted by Gasteiger charge is 2.28. The topological polar surface area (TPSA) is 70.6 Å².